The molecular weight excluding hydrogens is 876 g/mol. The van der Waals surface area contributed by atoms with Crippen LogP contribution in [-0.2, 0) is 34.3 Å². The Balaban J connectivity index is 0.000000280. The van der Waals surface area contributed by atoms with Crippen molar-refractivity contribution in [3.05, 3.63) is 107 Å². The molecular formula is C36H27ClF16N4O3. The highest BCUT2D eigenvalue weighted by atomic mass is 35.5. The first kappa shape index (κ1) is 48.9. The van der Waals surface area contributed by atoms with E-state index >= 15 is 0 Å². The van der Waals surface area contributed by atoms with E-state index in [0.29, 0.717) is 30.3 Å². The summed E-state index contributed by atoms with van der Waals surface area (Å²) >= 11 is 0. The summed E-state index contributed by atoms with van der Waals surface area (Å²) in [5.41, 5.74) is -6.59. The number of carbonyl (C=O) groups excluding carboxylic acids is 1. The van der Waals surface area contributed by atoms with Gasteiger partial charge >= 0.3 is 30.7 Å². The van der Waals surface area contributed by atoms with Gasteiger partial charge in [0, 0.05) is 36.9 Å². The molecule has 1 amide bonds. The lowest BCUT2D eigenvalue weighted by Gasteiger charge is -2.37. The molecule has 4 aromatic rings. The predicted octanol–water partition coefficient (Wildman–Crippen LogP) is 10.5. The zero-order valence-corrected chi connectivity index (χ0v) is 30.4. The lowest BCUT2D eigenvalue weighted by molar-refractivity contribution is -0.160. The Morgan fingerprint density at radius 1 is 0.583 bits per heavy atom. The number of hydrogen-bond acceptors (Lipinski definition) is 3. The second-order valence-electron chi connectivity index (χ2n) is 12.7. The van der Waals surface area contributed by atoms with Crippen LogP contribution in [0, 0.1) is 0 Å². The number of carbonyl (C=O) groups is 2. The highest BCUT2D eigenvalue weighted by Crippen LogP contribution is 2.40. The number of likely N-dealkylation sites (tertiary alicyclic amines) is 1. The zero-order chi connectivity index (χ0) is 44.4. The summed E-state index contributed by atoms with van der Waals surface area (Å²) in [6.45, 7) is -1.77. The molecule has 24 heteroatoms. The van der Waals surface area contributed by atoms with Crippen molar-refractivity contribution >= 4 is 36.7 Å². The minimum Gasteiger partial charge on any atom is -0.478 e. The molecule has 0 spiro atoms. The van der Waals surface area contributed by atoms with Gasteiger partial charge in [0.1, 0.15) is 0 Å². The van der Waals surface area contributed by atoms with Gasteiger partial charge in [-0.3, -0.25) is 4.79 Å². The van der Waals surface area contributed by atoms with Crippen LogP contribution in [0.3, 0.4) is 0 Å². The van der Waals surface area contributed by atoms with Crippen molar-refractivity contribution in [3.63, 3.8) is 0 Å². The van der Waals surface area contributed by atoms with Crippen LogP contribution in [0.4, 0.5) is 70.2 Å². The van der Waals surface area contributed by atoms with E-state index in [1.54, 1.807) is 0 Å². The van der Waals surface area contributed by atoms with Crippen molar-refractivity contribution in [2.75, 3.05) is 26.2 Å². The van der Waals surface area contributed by atoms with Crippen LogP contribution < -0.4 is 5.32 Å². The highest BCUT2D eigenvalue weighted by molar-refractivity contribution is 5.91. The minimum absolute atomic E-state index is 0. The van der Waals surface area contributed by atoms with Gasteiger partial charge in [0.2, 0.25) is 5.91 Å². The molecule has 60 heavy (non-hydrogen) atoms. The summed E-state index contributed by atoms with van der Waals surface area (Å²) in [6, 6.07) is 7.60. The SMILES string of the molecule is Cl.FC1(F)CNC1.O=C(/C=C\n1cccc1-c1cc(C(F)(F)F)cc(C(F)(F)F)c1)N1CC(F)(F)C1.O=C(O)/C=C\n1cccc1-c1cc(C(F)(F)F)cc(C(F)(F)F)c1. The number of aliphatic carboxylic acids is 1. The van der Waals surface area contributed by atoms with Gasteiger partial charge in [-0.1, -0.05) is 0 Å². The third kappa shape index (κ3) is 13.3. The van der Waals surface area contributed by atoms with Crippen LogP contribution in [0.2, 0.25) is 0 Å². The van der Waals surface area contributed by atoms with Crippen molar-refractivity contribution < 1.29 is 84.9 Å². The van der Waals surface area contributed by atoms with Crippen LogP contribution in [0.25, 0.3) is 34.9 Å². The Morgan fingerprint density at radius 3 is 1.18 bits per heavy atom. The maximum absolute atomic E-state index is 13.0. The lowest BCUT2D eigenvalue weighted by atomic mass is 10.0. The number of amides is 1. The number of aromatic nitrogens is 2. The van der Waals surface area contributed by atoms with Crippen LogP contribution in [0.5, 0.6) is 0 Å². The van der Waals surface area contributed by atoms with E-state index in [1.165, 1.54) is 36.7 Å². The third-order valence-corrected chi connectivity index (χ3v) is 8.00. The molecule has 0 atom stereocenters. The lowest BCUT2D eigenvalue weighted by Crippen LogP contribution is -2.58. The summed E-state index contributed by atoms with van der Waals surface area (Å²) in [7, 11) is 0. The number of benzene rings is 2. The van der Waals surface area contributed by atoms with E-state index in [0.717, 1.165) is 32.5 Å². The number of rotatable bonds is 6. The van der Waals surface area contributed by atoms with E-state index in [4.69, 9.17) is 5.11 Å². The summed E-state index contributed by atoms with van der Waals surface area (Å²) in [5, 5.41) is 11.0. The van der Waals surface area contributed by atoms with Gasteiger partial charge in [0.15, 0.2) is 0 Å². The molecule has 6 rings (SSSR count). The van der Waals surface area contributed by atoms with Crippen molar-refractivity contribution in [3.8, 4) is 22.5 Å². The smallest absolute Gasteiger partial charge is 0.416 e. The van der Waals surface area contributed by atoms with E-state index < -0.39 is 83.8 Å². The number of hydrogen-bond donors (Lipinski definition) is 2. The maximum atomic E-state index is 13.0. The predicted molar refractivity (Wildman–Crippen MR) is 185 cm³/mol. The first-order valence-corrected chi connectivity index (χ1v) is 16.2. The van der Waals surface area contributed by atoms with Crippen molar-refractivity contribution in [1.29, 1.82) is 0 Å². The average Bonchev–Trinajstić information content (AvgIpc) is 3.77. The molecule has 2 fully saturated rings. The molecule has 2 aliphatic rings. The Labute approximate surface area is 333 Å². The molecule has 328 valence electrons. The zero-order valence-electron chi connectivity index (χ0n) is 29.6. The summed E-state index contributed by atoms with van der Waals surface area (Å²) in [4.78, 5) is 23.2. The molecule has 0 bridgehead atoms. The Morgan fingerprint density at radius 2 is 0.917 bits per heavy atom. The fourth-order valence-corrected chi connectivity index (χ4v) is 5.12. The van der Waals surface area contributed by atoms with Gasteiger partial charge in [-0.25, -0.2) is 22.4 Å². The summed E-state index contributed by atoms with van der Waals surface area (Å²) in [5.74, 6) is -7.42. The molecule has 0 saturated carbocycles. The molecule has 0 unspecified atom stereocenters. The molecule has 7 nitrogen and oxygen atoms in total. The first-order valence-electron chi connectivity index (χ1n) is 16.2. The average molecular weight is 903 g/mol. The van der Waals surface area contributed by atoms with Gasteiger partial charge < -0.3 is 24.5 Å². The Hall–Kier alpha value is -5.45. The molecule has 0 aliphatic carbocycles. The quantitative estimate of drug-likeness (QED) is 0.149. The van der Waals surface area contributed by atoms with Gasteiger partial charge in [-0.15, -0.1) is 12.4 Å². The second kappa shape index (κ2) is 18.0. The maximum Gasteiger partial charge on any atom is 0.416 e. The van der Waals surface area contributed by atoms with E-state index in [2.05, 4.69) is 5.32 Å². The fourth-order valence-electron chi connectivity index (χ4n) is 5.12. The summed E-state index contributed by atoms with van der Waals surface area (Å²) < 4.78 is 206. The Kier molecular flexibility index (Phi) is 14.7. The largest absolute Gasteiger partial charge is 0.478 e. The van der Waals surface area contributed by atoms with Crippen LogP contribution in [-0.4, -0.2) is 69.0 Å². The van der Waals surface area contributed by atoms with Crippen molar-refractivity contribution in [2.24, 2.45) is 0 Å². The van der Waals surface area contributed by atoms with Gasteiger partial charge in [-0.2, -0.15) is 52.7 Å². The molecule has 2 aromatic heterocycles. The van der Waals surface area contributed by atoms with Gasteiger partial charge in [0.25, 0.3) is 11.8 Å². The number of nitrogens with zero attached hydrogens (tertiary/aromatic N) is 3. The molecule has 2 N–H and O–H groups in total. The number of alkyl halides is 16. The third-order valence-electron chi connectivity index (χ3n) is 8.00. The number of halogens is 17. The number of nitrogens with one attached hydrogen (secondary N) is 1. The Bertz CT molecular complexity index is 2120. The normalized spacial score (nSPS) is 16.2. The van der Waals surface area contributed by atoms with Crippen LogP contribution in [0.1, 0.15) is 22.3 Å². The monoisotopic (exact) mass is 902 g/mol. The van der Waals surface area contributed by atoms with E-state index in [1.807, 2.05) is 0 Å². The number of carboxylic acid groups (broad SMARTS) is 1. The van der Waals surface area contributed by atoms with Crippen LogP contribution >= 0.6 is 12.4 Å². The molecule has 2 aliphatic heterocycles. The molecule has 2 aromatic carbocycles. The molecule has 0 radical (unpaired) electrons. The van der Waals surface area contributed by atoms with Crippen molar-refractivity contribution in [1.82, 2.24) is 19.4 Å². The van der Waals surface area contributed by atoms with Gasteiger partial charge in [0.05, 0.1) is 59.8 Å². The van der Waals surface area contributed by atoms with Crippen LogP contribution in [0.15, 0.2) is 85.2 Å². The fraction of sp³-hybridized carbons (Fsp3) is 0.278. The van der Waals surface area contributed by atoms with Gasteiger partial charge in [-0.05, 0) is 71.8 Å². The van der Waals surface area contributed by atoms with E-state index in [9.17, 15) is 79.8 Å². The highest BCUT2D eigenvalue weighted by Gasteiger charge is 2.45. The van der Waals surface area contributed by atoms with E-state index in [-0.39, 0.29) is 60.1 Å². The second-order valence-corrected chi connectivity index (χ2v) is 12.7. The molecule has 4 heterocycles. The topological polar surface area (TPSA) is 79.5 Å². The van der Waals surface area contributed by atoms with Crippen molar-refractivity contribution in [2.45, 2.75) is 36.6 Å². The molecule has 2 saturated heterocycles. The first-order chi connectivity index (χ1) is 26.9. The standard InChI is InChI=1S/C18H12F8N2O.C15H9F6NO2.C3H5F2N.ClH/c19-16(20)9-28(10-16)15(29)3-5-27-4-1-2-14(27)11-6-12(17(21,22)23)8-13(7-11)18(24,25)26;16-14(17,18)10-6-9(7-11(8-10)15(19,20)21)12-2-1-4-22(12)5-3-13(23)24;4-3(5)1-6-2-3;/h1-8H,9-10H2;1-8H,(H,23,24);6H,1-2H2;1H/b2*5-3-;;. The summed E-state index contributed by atoms with van der Waals surface area (Å²) in [6.07, 6.45) is -13.6. The minimum atomic E-state index is -5.00. The number of carboxylic acids is 1.